The highest BCUT2D eigenvalue weighted by atomic mass is 16.7. The number of likely N-dealkylation sites (N-methyl/N-ethyl adjacent to an activating group) is 1. The van der Waals surface area contributed by atoms with E-state index in [2.05, 4.69) is 66.7 Å². The van der Waals surface area contributed by atoms with Crippen molar-refractivity contribution in [2.75, 3.05) is 18.9 Å². The van der Waals surface area contributed by atoms with Crippen LogP contribution in [0, 0.1) is 0 Å². The standard InChI is InChI=1S/C37H43N3O6/c1-25(29-19-18-27-8-3-4-9-30(27)20-29)40(2)23-33-22-34(28-16-14-26(24-41)15-17-28)46-37(45-33)31-10-7-11-32(21-31)38-35(42)12-5-6-13-36(43)39-44/h3-4,7-11,14-21,25,33-34,37,41,44H,5-6,12-13,22-24H2,1-2H3,(H,38,42)(H,39,43)/t25-,33-,34+,37+/m1/s1. The van der Waals surface area contributed by atoms with Crippen LogP contribution in [-0.2, 0) is 25.7 Å². The molecule has 0 unspecified atom stereocenters. The first kappa shape index (κ1) is 33.2. The van der Waals surface area contributed by atoms with Crippen molar-refractivity contribution in [1.82, 2.24) is 10.4 Å². The van der Waals surface area contributed by atoms with Gasteiger partial charge in [0.25, 0.3) is 0 Å². The molecule has 2 amide bonds. The minimum Gasteiger partial charge on any atom is -0.392 e. The van der Waals surface area contributed by atoms with E-state index in [1.165, 1.54) is 16.3 Å². The fourth-order valence-electron chi connectivity index (χ4n) is 5.85. The molecule has 4 atom stereocenters. The van der Waals surface area contributed by atoms with E-state index < -0.39 is 12.2 Å². The molecule has 5 rings (SSSR count). The average molecular weight is 626 g/mol. The van der Waals surface area contributed by atoms with Gasteiger partial charge in [-0.15, -0.1) is 0 Å². The molecule has 0 bridgehead atoms. The third-order valence-electron chi connectivity index (χ3n) is 8.65. The molecule has 1 fully saturated rings. The molecule has 0 radical (unpaired) electrons. The molecule has 0 saturated carbocycles. The maximum atomic E-state index is 12.6. The van der Waals surface area contributed by atoms with Crippen LogP contribution in [0.2, 0.25) is 0 Å². The fourth-order valence-corrected chi connectivity index (χ4v) is 5.85. The second kappa shape index (κ2) is 15.9. The summed E-state index contributed by atoms with van der Waals surface area (Å²) in [5.74, 6) is -0.619. The summed E-state index contributed by atoms with van der Waals surface area (Å²) in [4.78, 5) is 26.1. The van der Waals surface area contributed by atoms with Gasteiger partial charge in [-0.05, 0) is 72.5 Å². The van der Waals surface area contributed by atoms with Gasteiger partial charge in [0.2, 0.25) is 11.8 Å². The molecular weight excluding hydrogens is 582 g/mol. The number of hydrogen-bond acceptors (Lipinski definition) is 7. The van der Waals surface area contributed by atoms with E-state index in [1.54, 1.807) is 5.48 Å². The number of nitrogens with zero attached hydrogens (tertiary/aromatic N) is 1. The number of carbonyl (C=O) groups excluding carboxylic acids is 2. The monoisotopic (exact) mass is 625 g/mol. The van der Waals surface area contributed by atoms with Crippen molar-refractivity contribution < 1.29 is 29.4 Å². The van der Waals surface area contributed by atoms with Crippen LogP contribution < -0.4 is 10.8 Å². The van der Waals surface area contributed by atoms with Gasteiger partial charge in [-0.2, -0.15) is 0 Å². The van der Waals surface area contributed by atoms with Crippen LogP contribution in [0.1, 0.15) is 79.7 Å². The number of carbonyl (C=O) groups is 2. The minimum atomic E-state index is -0.653. The Morgan fingerprint density at radius 3 is 2.35 bits per heavy atom. The zero-order valence-corrected chi connectivity index (χ0v) is 26.4. The number of rotatable bonds is 13. The van der Waals surface area contributed by atoms with Gasteiger partial charge in [-0.25, -0.2) is 5.48 Å². The Morgan fingerprint density at radius 2 is 1.61 bits per heavy atom. The van der Waals surface area contributed by atoms with E-state index in [4.69, 9.17) is 14.7 Å². The minimum absolute atomic E-state index is 0.0197. The molecule has 1 heterocycles. The molecule has 242 valence electrons. The molecular formula is C37H43N3O6. The molecule has 1 aliphatic rings. The second-order valence-corrected chi connectivity index (χ2v) is 12.0. The molecule has 1 aliphatic heterocycles. The first-order chi connectivity index (χ1) is 22.3. The molecule has 0 spiro atoms. The lowest BCUT2D eigenvalue weighted by molar-refractivity contribution is -0.253. The summed E-state index contributed by atoms with van der Waals surface area (Å²) in [7, 11) is 2.12. The molecule has 4 N–H and O–H groups in total. The summed E-state index contributed by atoms with van der Waals surface area (Å²) >= 11 is 0. The molecule has 0 aromatic heterocycles. The first-order valence-corrected chi connectivity index (χ1v) is 15.8. The zero-order valence-electron chi connectivity index (χ0n) is 26.4. The van der Waals surface area contributed by atoms with E-state index in [1.807, 2.05) is 48.5 Å². The number of aliphatic hydroxyl groups excluding tert-OH is 1. The quantitative estimate of drug-likeness (QED) is 0.0753. The number of aliphatic hydroxyl groups is 1. The number of amides is 2. The largest absolute Gasteiger partial charge is 0.392 e. The highest BCUT2D eigenvalue weighted by Gasteiger charge is 2.33. The average Bonchev–Trinajstić information content (AvgIpc) is 3.09. The first-order valence-electron chi connectivity index (χ1n) is 15.8. The number of hydrogen-bond donors (Lipinski definition) is 4. The summed E-state index contributed by atoms with van der Waals surface area (Å²) in [6, 6.07) is 30.5. The van der Waals surface area contributed by atoms with Crippen molar-refractivity contribution in [3.63, 3.8) is 0 Å². The summed E-state index contributed by atoms with van der Waals surface area (Å²) < 4.78 is 13.1. The van der Waals surface area contributed by atoms with Crippen molar-refractivity contribution in [2.45, 2.75) is 70.2 Å². The van der Waals surface area contributed by atoms with Gasteiger partial charge in [0.05, 0.1) is 18.8 Å². The van der Waals surface area contributed by atoms with E-state index in [0.717, 1.165) is 16.7 Å². The maximum Gasteiger partial charge on any atom is 0.243 e. The number of hydroxylamine groups is 1. The van der Waals surface area contributed by atoms with Gasteiger partial charge in [-0.1, -0.05) is 72.8 Å². The van der Waals surface area contributed by atoms with Gasteiger partial charge in [0.15, 0.2) is 6.29 Å². The molecule has 9 heteroatoms. The topological polar surface area (TPSA) is 120 Å². The van der Waals surface area contributed by atoms with Crippen LogP contribution in [0.15, 0.2) is 91.0 Å². The highest BCUT2D eigenvalue weighted by molar-refractivity contribution is 5.90. The van der Waals surface area contributed by atoms with E-state index in [9.17, 15) is 14.7 Å². The van der Waals surface area contributed by atoms with Gasteiger partial charge in [0.1, 0.15) is 0 Å². The van der Waals surface area contributed by atoms with Gasteiger partial charge < -0.3 is 19.9 Å². The lowest BCUT2D eigenvalue weighted by atomic mass is 9.98. The number of unbranched alkanes of at least 4 members (excludes halogenated alkanes) is 1. The van der Waals surface area contributed by atoms with E-state index in [-0.39, 0.29) is 43.6 Å². The highest BCUT2D eigenvalue weighted by Crippen LogP contribution is 2.39. The Kier molecular flexibility index (Phi) is 11.5. The molecule has 4 aromatic carbocycles. The van der Waals surface area contributed by atoms with E-state index >= 15 is 0 Å². The molecule has 4 aromatic rings. The SMILES string of the molecule is C[C@H](c1ccc2ccccc2c1)N(C)C[C@H]1C[C@@H](c2ccc(CO)cc2)O[C@@H](c2cccc(NC(=O)CCCCC(=O)NO)c2)O1. The van der Waals surface area contributed by atoms with Crippen LogP contribution in [0.4, 0.5) is 5.69 Å². The van der Waals surface area contributed by atoms with Crippen molar-refractivity contribution in [1.29, 1.82) is 0 Å². The Labute approximate surface area is 270 Å². The summed E-state index contributed by atoms with van der Waals surface area (Å²) in [6.07, 6.45) is 1.09. The van der Waals surface area contributed by atoms with Gasteiger partial charge in [0, 0.05) is 43.1 Å². The van der Waals surface area contributed by atoms with Crippen molar-refractivity contribution in [3.05, 3.63) is 113 Å². The predicted molar refractivity (Wildman–Crippen MR) is 177 cm³/mol. The van der Waals surface area contributed by atoms with E-state index in [0.29, 0.717) is 31.5 Å². The van der Waals surface area contributed by atoms with Crippen LogP contribution in [-0.4, -0.2) is 46.7 Å². The molecule has 9 nitrogen and oxygen atoms in total. The number of fused-ring (bicyclic) bond motifs is 1. The van der Waals surface area contributed by atoms with Gasteiger partial charge in [-0.3, -0.25) is 19.7 Å². The second-order valence-electron chi connectivity index (χ2n) is 12.0. The summed E-state index contributed by atoms with van der Waals surface area (Å²) in [5, 5.41) is 23.5. The third kappa shape index (κ3) is 8.78. The van der Waals surface area contributed by atoms with Crippen LogP contribution in [0.3, 0.4) is 0 Å². The van der Waals surface area contributed by atoms with Crippen LogP contribution in [0.5, 0.6) is 0 Å². The number of nitrogens with one attached hydrogen (secondary N) is 2. The summed E-state index contributed by atoms with van der Waals surface area (Å²) in [5.41, 5.74) is 6.13. The Bertz CT molecular complexity index is 1610. The van der Waals surface area contributed by atoms with Crippen LogP contribution >= 0.6 is 0 Å². The van der Waals surface area contributed by atoms with Gasteiger partial charge >= 0.3 is 0 Å². The number of benzene rings is 4. The van der Waals surface area contributed by atoms with Crippen molar-refractivity contribution in [2.24, 2.45) is 0 Å². The Morgan fingerprint density at radius 1 is 0.870 bits per heavy atom. The number of ether oxygens (including phenoxy) is 2. The Hall–Kier alpha value is -4.12. The Balaban J connectivity index is 1.29. The van der Waals surface area contributed by atoms with Crippen molar-refractivity contribution in [3.8, 4) is 0 Å². The molecule has 1 saturated heterocycles. The zero-order chi connectivity index (χ0) is 32.5. The third-order valence-corrected chi connectivity index (χ3v) is 8.65. The van der Waals surface area contributed by atoms with Crippen molar-refractivity contribution >= 4 is 28.3 Å². The number of anilines is 1. The predicted octanol–water partition coefficient (Wildman–Crippen LogP) is 6.57. The summed E-state index contributed by atoms with van der Waals surface area (Å²) in [6.45, 7) is 2.87. The van der Waals surface area contributed by atoms with Crippen LogP contribution in [0.25, 0.3) is 10.8 Å². The molecule has 0 aliphatic carbocycles. The fraction of sp³-hybridized carbons (Fsp3) is 0.351. The normalized spacial score (nSPS) is 18.8. The lowest BCUT2D eigenvalue weighted by Crippen LogP contribution is -2.38. The molecule has 46 heavy (non-hydrogen) atoms. The smallest absolute Gasteiger partial charge is 0.243 e. The maximum absolute atomic E-state index is 12.6. The lowest BCUT2D eigenvalue weighted by Gasteiger charge is -2.39.